The third-order valence-electron chi connectivity index (χ3n) is 3.29. The molecule has 0 radical (unpaired) electrons. The summed E-state index contributed by atoms with van der Waals surface area (Å²) in [5, 5.41) is 12.3. The van der Waals surface area contributed by atoms with E-state index in [0.29, 0.717) is 19.8 Å². The highest BCUT2D eigenvalue weighted by Crippen LogP contribution is 1.87. The van der Waals surface area contributed by atoms with Crippen LogP contribution < -0.4 is 5.32 Å². The fourth-order valence-electron chi connectivity index (χ4n) is 1.56. The predicted molar refractivity (Wildman–Crippen MR) is 273 cm³/mol. The highest BCUT2D eigenvalue weighted by atomic mass is 16.5. The Kier molecular flexibility index (Phi) is 529. The van der Waals surface area contributed by atoms with E-state index in [-0.39, 0.29) is 132 Å². The molecule has 352 valence electrons. The second-order valence-corrected chi connectivity index (χ2v) is 8.74. The minimum Gasteiger partial charge on any atom is -0.389 e. The molecule has 0 bridgehead atoms. The number of hydrogen-bond acceptors (Lipinski definition) is 7. The third kappa shape index (κ3) is 361. The summed E-state index contributed by atoms with van der Waals surface area (Å²) in [7, 11) is 14.2. The molecule has 0 spiro atoms. The largest absolute Gasteiger partial charge is 0.389 e. The van der Waals surface area contributed by atoms with E-state index in [1.54, 1.807) is 0 Å². The van der Waals surface area contributed by atoms with Crippen molar-refractivity contribution in [1.29, 1.82) is 0 Å². The number of nitrogens with zero attached hydrogens (tertiary/aromatic N) is 4. The average molecular weight is 771 g/mol. The molecular weight excluding hydrogens is 631 g/mol. The summed E-state index contributed by atoms with van der Waals surface area (Å²) in [4.78, 5) is 8.47. The highest BCUT2D eigenvalue weighted by Gasteiger charge is 2.03. The van der Waals surface area contributed by atoms with E-state index < -0.39 is 0 Å². The third-order valence-corrected chi connectivity index (χ3v) is 3.29. The first kappa shape index (κ1) is 163. The second kappa shape index (κ2) is 165. The molecule has 0 rings (SSSR count). The van der Waals surface area contributed by atoms with Crippen LogP contribution in [0.4, 0.5) is 0 Å². The maximum absolute atomic E-state index is 9.18. The Balaban J connectivity index is -0.00000000853. The Bertz CT molecular complexity index is 282. The van der Waals surface area contributed by atoms with Gasteiger partial charge in [-0.1, -0.05) is 194 Å². The van der Waals surface area contributed by atoms with Crippen LogP contribution >= 0.6 is 0 Å². The standard InChI is InChI=1S/C7H17NO2.C6H16N2.2C4H11N.2C3H8.17CH4/c1-4-10-6-7(9)5-8(2)3;1-5-8(4)6-7(2)3;1-4-5(2)3;1-3-5-4-2;2*1-3-2;;;;;;;;;;;;;;;;;/h7,9H,4-6H2,1-3H3;5-6H2,1-4H3;4H2,1-3H3;5H,3-4H2,1-2H3;2*3H2,1-2H3;17*1H4. The smallest absolute Gasteiger partial charge is 0.0899 e. The minimum atomic E-state index is -0.352. The lowest BCUT2D eigenvalue weighted by Crippen LogP contribution is -2.29. The van der Waals surface area contributed by atoms with Crippen molar-refractivity contribution in [3.8, 4) is 0 Å². The summed E-state index contributed by atoms with van der Waals surface area (Å²) in [5.41, 5.74) is 0. The first-order valence-electron chi connectivity index (χ1n) is 13.4. The van der Waals surface area contributed by atoms with Gasteiger partial charge in [-0.05, 0) is 82.4 Å². The maximum Gasteiger partial charge on any atom is 0.0899 e. The van der Waals surface area contributed by atoms with Gasteiger partial charge < -0.3 is 25.0 Å². The quantitative estimate of drug-likeness (QED) is 0.203. The van der Waals surface area contributed by atoms with Crippen molar-refractivity contribution in [2.45, 2.75) is 208 Å². The lowest BCUT2D eigenvalue weighted by Gasteiger charge is -2.18. The van der Waals surface area contributed by atoms with E-state index in [9.17, 15) is 5.11 Å². The minimum absolute atomic E-state index is 0. The number of nitrogens with one attached hydrogen (secondary N) is 1. The van der Waals surface area contributed by atoms with Gasteiger partial charge in [0.1, 0.15) is 0 Å². The van der Waals surface area contributed by atoms with Crippen LogP contribution in [0.25, 0.3) is 0 Å². The molecule has 7 heteroatoms. The lowest BCUT2D eigenvalue weighted by molar-refractivity contribution is 0.0292. The Morgan fingerprint density at radius 2 is 0.706 bits per heavy atom. The van der Waals surface area contributed by atoms with Crippen molar-refractivity contribution in [3.05, 3.63) is 0 Å². The van der Waals surface area contributed by atoms with E-state index in [1.165, 1.54) is 12.8 Å². The highest BCUT2D eigenvalue weighted by molar-refractivity contribution is 4.56. The number of aliphatic hydroxyl groups is 1. The summed E-state index contributed by atoms with van der Waals surface area (Å²) < 4.78 is 5.02. The lowest BCUT2D eigenvalue weighted by atomic mass is 10.3. The molecule has 1 atom stereocenters. The van der Waals surface area contributed by atoms with Crippen LogP contribution in [0.15, 0.2) is 0 Å². The van der Waals surface area contributed by atoms with Crippen LogP contribution in [0.3, 0.4) is 0 Å². The molecule has 0 amide bonds. The molecule has 0 aromatic carbocycles. The zero-order valence-electron chi connectivity index (χ0n) is 26.8. The Labute approximate surface area is 343 Å². The normalized spacial score (nSPS) is 7.00. The van der Waals surface area contributed by atoms with Gasteiger partial charge in [0, 0.05) is 19.8 Å². The van der Waals surface area contributed by atoms with Gasteiger partial charge in [-0.3, -0.25) is 9.80 Å². The van der Waals surface area contributed by atoms with Crippen molar-refractivity contribution >= 4 is 0 Å². The molecule has 0 fully saturated rings. The first-order valence-corrected chi connectivity index (χ1v) is 13.4. The Morgan fingerprint density at radius 1 is 0.451 bits per heavy atom. The number of hydrogen-bond donors (Lipinski definition) is 2. The van der Waals surface area contributed by atoms with Gasteiger partial charge in [-0.2, -0.15) is 0 Å². The van der Waals surface area contributed by atoms with Gasteiger partial charge in [0.15, 0.2) is 0 Å². The van der Waals surface area contributed by atoms with Crippen LogP contribution in [-0.4, -0.2) is 133 Å². The molecule has 51 heavy (non-hydrogen) atoms. The molecular formula is C44H139N5O2. The topological polar surface area (TPSA) is 54.5 Å². The summed E-state index contributed by atoms with van der Waals surface area (Å²) in [5.74, 6) is 0. The number of rotatable bonds is 11. The monoisotopic (exact) mass is 770 g/mol. The van der Waals surface area contributed by atoms with Crippen LogP contribution in [0.1, 0.15) is 201 Å². The van der Waals surface area contributed by atoms with Crippen LogP contribution in [0.2, 0.25) is 0 Å². The fourth-order valence-corrected chi connectivity index (χ4v) is 1.56. The molecule has 7 nitrogen and oxygen atoms in total. The Morgan fingerprint density at radius 3 is 0.804 bits per heavy atom. The zero-order chi connectivity index (χ0) is 28.4. The fraction of sp³-hybridized carbons (Fsp3) is 1.00. The van der Waals surface area contributed by atoms with Crippen LogP contribution in [0.5, 0.6) is 0 Å². The molecule has 0 aromatic rings. The molecule has 0 aliphatic carbocycles. The molecule has 0 aliphatic heterocycles. The predicted octanol–water partition coefficient (Wildman–Crippen LogP) is 15.2. The van der Waals surface area contributed by atoms with Gasteiger partial charge in [-0.15, -0.1) is 0 Å². The second-order valence-electron chi connectivity index (χ2n) is 8.74. The van der Waals surface area contributed by atoms with E-state index in [4.69, 9.17) is 4.74 Å². The Hall–Kier alpha value is -0.280. The average Bonchev–Trinajstić information content (AvgIpc) is 2.74. The van der Waals surface area contributed by atoms with Crippen molar-refractivity contribution in [2.24, 2.45) is 0 Å². The molecule has 0 saturated heterocycles. The number of aliphatic hydroxyl groups excluding tert-OH is 1. The number of ether oxygens (including phenoxy) is 1. The van der Waals surface area contributed by atoms with Gasteiger partial charge in [0.05, 0.1) is 12.7 Å². The first-order chi connectivity index (χ1) is 15.8. The van der Waals surface area contributed by atoms with Crippen LogP contribution in [0, 0.1) is 0 Å². The molecule has 0 saturated carbocycles. The van der Waals surface area contributed by atoms with Gasteiger partial charge in [-0.25, -0.2) is 0 Å². The van der Waals surface area contributed by atoms with E-state index >= 15 is 0 Å². The zero-order valence-corrected chi connectivity index (χ0v) is 26.8. The molecule has 1 unspecified atom stereocenters. The molecule has 2 N–H and O–H groups in total. The van der Waals surface area contributed by atoms with E-state index in [1.807, 2.05) is 25.9 Å². The summed E-state index contributed by atoms with van der Waals surface area (Å²) in [6.07, 6.45) is 2.15. The summed E-state index contributed by atoms with van der Waals surface area (Å²) >= 11 is 0. The van der Waals surface area contributed by atoms with Crippen molar-refractivity contribution in [2.75, 3.05) is 102 Å². The van der Waals surface area contributed by atoms with Crippen molar-refractivity contribution in [3.63, 3.8) is 0 Å². The summed E-state index contributed by atoms with van der Waals surface area (Å²) in [6.45, 7) is 26.2. The number of likely N-dealkylation sites (N-methyl/N-ethyl adjacent to an activating group) is 1. The van der Waals surface area contributed by atoms with E-state index in [2.05, 4.69) is 111 Å². The van der Waals surface area contributed by atoms with Gasteiger partial charge in [0.2, 0.25) is 0 Å². The van der Waals surface area contributed by atoms with Crippen molar-refractivity contribution < 1.29 is 9.84 Å². The summed E-state index contributed by atoms with van der Waals surface area (Å²) in [6, 6.07) is 0. The maximum atomic E-state index is 9.18. The van der Waals surface area contributed by atoms with Gasteiger partial charge >= 0.3 is 0 Å². The van der Waals surface area contributed by atoms with E-state index in [0.717, 1.165) is 32.8 Å². The molecule has 0 aromatic heterocycles. The SMILES string of the molecule is C.C.C.C.C.C.C.C.C.C.C.C.C.C.C.C.C.CCC.CCC.CCN(C)C.CCN(C)CN(C)C.CCNCC.CCOCC(O)CN(C)C. The van der Waals surface area contributed by atoms with Gasteiger partial charge in [0.25, 0.3) is 0 Å². The molecule has 0 heterocycles. The van der Waals surface area contributed by atoms with Crippen LogP contribution in [-0.2, 0) is 4.74 Å². The molecule has 0 aliphatic rings. The van der Waals surface area contributed by atoms with Crippen molar-refractivity contribution in [1.82, 2.24) is 24.9 Å².